The summed E-state index contributed by atoms with van der Waals surface area (Å²) in [4.78, 5) is 0. The summed E-state index contributed by atoms with van der Waals surface area (Å²) < 4.78 is 0. The van der Waals surface area contributed by atoms with Crippen LogP contribution >= 0.6 is 0 Å². The summed E-state index contributed by atoms with van der Waals surface area (Å²) in [5.74, 6) is 0.659. The van der Waals surface area contributed by atoms with Crippen LogP contribution in [-0.2, 0) is 0 Å². The SMILES string of the molecule is C=CC#N.C=Cc1ccccc1.CC(C)c1ccccc1.[Na+].[O-]O. The molecule has 0 saturated heterocycles. The molecule has 0 aliphatic rings. The van der Waals surface area contributed by atoms with Gasteiger partial charge in [-0.3, -0.25) is 0 Å². The van der Waals surface area contributed by atoms with Crippen molar-refractivity contribution in [3.63, 3.8) is 0 Å². The molecule has 0 fully saturated rings. The predicted molar refractivity (Wildman–Crippen MR) is 95.5 cm³/mol. The molecule has 0 spiro atoms. The Morgan fingerprint density at radius 3 is 1.54 bits per heavy atom. The van der Waals surface area contributed by atoms with Gasteiger partial charge in [-0.25, -0.2) is 0 Å². The molecular formula is C20H24NNaO2. The molecule has 0 bridgehead atoms. The largest absolute Gasteiger partial charge is 1.00 e. The Morgan fingerprint density at radius 1 is 0.958 bits per heavy atom. The molecule has 2 aromatic carbocycles. The maximum absolute atomic E-state index is 7.51. The van der Waals surface area contributed by atoms with Crippen molar-refractivity contribution in [3.8, 4) is 6.07 Å². The van der Waals surface area contributed by atoms with Gasteiger partial charge in [0.05, 0.1) is 6.07 Å². The summed E-state index contributed by atoms with van der Waals surface area (Å²) in [5, 5.41) is 20.5. The van der Waals surface area contributed by atoms with Crippen LogP contribution in [0, 0.1) is 11.3 Å². The molecule has 0 unspecified atom stereocenters. The van der Waals surface area contributed by atoms with Crippen LogP contribution in [0.15, 0.2) is 79.9 Å². The second-order valence-electron chi connectivity index (χ2n) is 4.51. The molecule has 0 heterocycles. The topological polar surface area (TPSA) is 67.1 Å². The number of hydrogen-bond donors (Lipinski definition) is 1. The number of nitriles is 1. The first-order valence-corrected chi connectivity index (χ1v) is 7.06. The van der Waals surface area contributed by atoms with Crippen LogP contribution in [-0.4, -0.2) is 5.26 Å². The molecule has 0 amide bonds. The van der Waals surface area contributed by atoms with Gasteiger partial charge in [-0.2, -0.15) is 5.26 Å². The van der Waals surface area contributed by atoms with Crippen molar-refractivity contribution in [1.29, 1.82) is 5.26 Å². The van der Waals surface area contributed by atoms with Crippen molar-refractivity contribution >= 4 is 6.08 Å². The van der Waals surface area contributed by atoms with Crippen LogP contribution in [0.3, 0.4) is 0 Å². The Morgan fingerprint density at radius 2 is 1.33 bits per heavy atom. The second kappa shape index (κ2) is 21.3. The van der Waals surface area contributed by atoms with E-state index < -0.39 is 0 Å². The molecule has 1 N–H and O–H groups in total. The van der Waals surface area contributed by atoms with Crippen molar-refractivity contribution in [3.05, 3.63) is 91.0 Å². The fraction of sp³-hybridized carbons (Fsp3) is 0.150. The van der Waals surface area contributed by atoms with Crippen LogP contribution in [0.5, 0.6) is 0 Å². The predicted octanol–water partition coefficient (Wildman–Crippen LogP) is 1.66. The van der Waals surface area contributed by atoms with E-state index in [2.05, 4.69) is 51.3 Å². The van der Waals surface area contributed by atoms with Gasteiger partial charge in [-0.1, -0.05) is 93.7 Å². The van der Waals surface area contributed by atoms with Crippen molar-refractivity contribution in [2.75, 3.05) is 0 Å². The Labute approximate surface area is 167 Å². The zero-order valence-corrected chi connectivity index (χ0v) is 16.7. The number of allylic oxidation sites excluding steroid dienone is 1. The Hall–Kier alpha value is -1.67. The van der Waals surface area contributed by atoms with Crippen LogP contribution in [0.1, 0.15) is 30.9 Å². The summed E-state index contributed by atoms with van der Waals surface area (Å²) in [6, 6.07) is 22.2. The molecule has 0 saturated carbocycles. The van der Waals surface area contributed by atoms with Crippen molar-refractivity contribution in [2.45, 2.75) is 19.8 Å². The standard InChI is InChI=1S/C9H12.C8H8.C3H3N.Na.H2O2/c1-8(2)9-6-4-3-5-7-9;1-2-8-6-4-3-5-7-8;1-2-3-4;;1-2/h3-8H,1-2H3;2-7H,1H2;2H,1H2;;1-2H/q;;;+1;/p-1. The Kier molecular flexibility index (Phi) is 24.2. The summed E-state index contributed by atoms with van der Waals surface area (Å²) in [5.41, 5.74) is 2.59. The van der Waals surface area contributed by atoms with Crippen molar-refractivity contribution in [2.24, 2.45) is 0 Å². The van der Waals surface area contributed by atoms with Crippen LogP contribution in [0.25, 0.3) is 6.08 Å². The van der Waals surface area contributed by atoms with E-state index in [1.807, 2.05) is 42.5 Å². The second-order valence-corrected chi connectivity index (χ2v) is 4.51. The number of hydrogen-bond acceptors (Lipinski definition) is 3. The van der Waals surface area contributed by atoms with Gasteiger partial charge >= 0.3 is 29.6 Å². The Bertz CT molecular complexity index is 549. The van der Waals surface area contributed by atoms with Gasteiger partial charge in [0.25, 0.3) is 0 Å². The molecule has 4 heteroatoms. The molecule has 2 rings (SSSR count). The smallest absolute Gasteiger partial charge is 0.727 e. The zero-order valence-electron chi connectivity index (χ0n) is 14.7. The molecule has 0 radical (unpaired) electrons. The van der Waals surface area contributed by atoms with Gasteiger partial charge in [0.15, 0.2) is 0 Å². The third kappa shape index (κ3) is 16.7. The van der Waals surface area contributed by atoms with E-state index >= 15 is 0 Å². The van der Waals surface area contributed by atoms with E-state index in [1.54, 1.807) is 6.07 Å². The van der Waals surface area contributed by atoms with Gasteiger partial charge in [-0.15, -0.1) is 0 Å². The normalized spacial score (nSPS) is 7.50. The average Bonchev–Trinajstić information content (AvgIpc) is 2.65. The summed E-state index contributed by atoms with van der Waals surface area (Å²) >= 11 is 0. The molecule has 0 atom stereocenters. The van der Waals surface area contributed by atoms with E-state index in [0.29, 0.717) is 5.92 Å². The van der Waals surface area contributed by atoms with Gasteiger partial charge in [0, 0.05) is 6.08 Å². The summed E-state index contributed by atoms with van der Waals surface area (Å²) in [6.45, 7) is 11.2. The van der Waals surface area contributed by atoms with E-state index in [9.17, 15) is 0 Å². The maximum atomic E-state index is 7.51. The van der Waals surface area contributed by atoms with Crippen molar-refractivity contribution < 1.29 is 40.1 Å². The van der Waals surface area contributed by atoms with Gasteiger partial charge in [-0.05, 0) is 17.0 Å². The fourth-order valence-electron chi connectivity index (χ4n) is 1.43. The van der Waals surface area contributed by atoms with Gasteiger partial charge in [0.2, 0.25) is 0 Å². The number of nitrogens with zero attached hydrogens (tertiary/aromatic N) is 1. The Balaban J connectivity index is -0.000000272. The molecular weight excluding hydrogens is 309 g/mol. The minimum Gasteiger partial charge on any atom is -0.727 e. The number of benzene rings is 2. The molecule has 0 aliphatic carbocycles. The molecule has 122 valence electrons. The van der Waals surface area contributed by atoms with E-state index in [1.165, 1.54) is 17.2 Å². The fourth-order valence-corrected chi connectivity index (χ4v) is 1.43. The molecule has 0 aromatic heterocycles. The van der Waals surface area contributed by atoms with Crippen LogP contribution < -0.4 is 34.8 Å². The molecule has 2 aromatic rings. The van der Waals surface area contributed by atoms with Gasteiger partial charge < -0.3 is 10.5 Å². The van der Waals surface area contributed by atoms with Gasteiger partial charge in [0.1, 0.15) is 0 Å². The first-order chi connectivity index (χ1) is 11.2. The first kappa shape index (κ1) is 27.2. The number of rotatable bonds is 2. The molecule has 3 nitrogen and oxygen atoms in total. The quantitative estimate of drug-likeness (QED) is 0.393. The van der Waals surface area contributed by atoms with Crippen LogP contribution in [0.2, 0.25) is 0 Å². The summed E-state index contributed by atoms with van der Waals surface area (Å²) in [6.07, 6.45) is 3.01. The summed E-state index contributed by atoms with van der Waals surface area (Å²) in [7, 11) is 0. The maximum Gasteiger partial charge on any atom is 1.00 e. The van der Waals surface area contributed by atoms with E-state index in [-0.39, 0.29) is 29.6 Å². The van der Waals surface area contributed by atoms with E-state index in [0.717, 1.165) is 0 Å². The molecule has 0 aliphatic heterocycles. The minimum absolute atomic E-state index is 0. The van der Waals surface area contributed by atoms with Crippen molar-refractivity contribution in [1.82, 2.24) is 0 Å². The minimum atomic E-state index is 0. The average molecular weight is 333 g/mol. The first-order valence-electron chi connectivity index (χ1n) is 7.06. The molecule has 24 heavy (non-hydrogen) atoms. The third-order valence-electron chi connectivity index (χ3n) is 2.59. The zero-order chi connectivity index (χ0) is 17.9. The monoisotopic (exact) mass is 333 g/mol. The van der Waals surface area contributed by atoms with Crippen LogP contribution in [0.4, 0.5) is 0 Å². The third-order valence-corrected chi connectivity index (χ3v) is 2.59. The van der Waals surface area contributed by atoms with E-state index in [4.69, 9.17) is 15.8 Å².